The average molecular weight is 368 g/mol. The lowest BCUT2D eigenvalue weighted by Crippen LogP contribution is -1.88. The van der Waals surface area contributed by atoms with Gasteiger partial charge >= 0.3 is 0 Å². The van der Waals surface area contributed by atoms with E-state index in [9.17, 15) is 0 Å². The van der Waals surface area contributed by atoms with E-state index in [1.165, 1.54) is 0 Å². The number of hydrogen-bond acceptors (Lipinski definition) is 3. The van der Waals surface area contributed by atoms with E-state index in [4.69, 9.17) is 11.6 Å². The number of hydrogen-bond donors (Lipinski definition) is 1. The summed E-state index contributed by atoms with van der Waals surface area (Å²) < 4.78 is 0. The summed E-state index contributed by atoms with van der Waals surface area (Å²) in [4.78, 5) is 4.57. The van der Waals surface area contributed by atoms with Crippen molar-refractivity contribution in [1.82, 2.24) is 4.98 Å². The molecule has 0 aliphatic heterocycles. The normalized spacial score (nSPS) is 9.85. The van der Waals surface area contributed by atoms with Crippen molar-refractivity contribution >= 4 is 50.7 Å². The average Bonchev–Trinajstić information content (AvgIpc) is 2.89. The maximum absolute atomic E-state index is 5.88. The third-order valence-electron chi connectivity index (χ3n) is 2.67. The number of aromatic nitrogens is 1. The molecule has 3 rings (SSSR count). The summed E-state index contributed by atoms with van der Waals surface area (Å²) in [5.41, 5.74) is 3.07. The molecule has 102 valence electrons. The molecule has 5 heteroatoms. The molecule has 0 bridgehead atoms. The summed E-state index contributed by atoms with van der Waals surface area (Å²) in [5, 5.41) is 6.95. The summed E-state index contributed by atoms with van der Waals surface area (Å²) in [6, 6.07) is 17.7. The van der Waals surface area contributed by atoms with Gasteiger partial charge in [-0.25, -0.2) is 4.98 Å². The van der Waals surface area contributed by atoms with E-state index >= 15 is 0 Å². The minimum atomic E-state index is 0. The Morgan fingerprint density at radius 3 is 2.35 bits per heavy atom. The third-order valence-corrected chi connectivity index (χ3v) is 3.68. The molecule has 0 aliphatic rings. The number of anilines is 2. The second kappa shape index (κ2) is 6.88. The standard InChI is InChI=1S/C15H11ClN2S.BrH/c16-12-8-6-11(7-9-12)14-10-19-15(18-14)17-13-4-2-1-3-5-13;/h1-10H,(H,17,18);1H. The van der Waals surface area contributed by atoms with Crippen molar-refractivity contribution in [3.05, 3.63) is 65.0 Å². The van der Waals surface area contributed by atoms with Gasteiger partial charge in [-0.1, -0.05) is 41.9 Å². The Hall–Kier alpha value is -1.36. The number of halogens is 2. The van der Waals surface area contributed by atoms with Crippen LogP contribution in [0, 0.1) is 0 Å². The first-order chi connectivity index (χ1) is 9.31. The van der Waals surface area contributed by atoms with Gasteiger partial charge in [0.1, 0.15) is 0 Å². The molecule has 0 fully saturated rings. The molecular formula is C15H12BrClN2S. The van der Waals surface area contributed by atoms with Gasteiger partial charge in [-0.15, -0.1) is 28.3 Å². The van der Waals surface area contributed by atoms with Crippen LogP contribution in [0.3, 0.4) is 0 Å². The van der Waals surface area contributed by atoms with E-state index in [2.05, 4.69) is 10.3 Å². The maximum atomic E-state index is 5.88. The van der Waals surface area contributed by atoms with E-state index in [0.717, 1.165) is 27.1 Å². The highest BCUT2D eigenvalue weighted by molar-refractivity contribution is 8.93. The fourth-order valence-electron chi connectivity index (χ4n) is 1.73. The molecule has 0 saturated heterocycles. The first kappa shape index (κ1) is 15.0. The molecule has 0 aliphatic carbocycles. The molecule has 2 aromatic carbocycles. The monoisotopic (exact) mass is 366 g/mol. The predicted molar refractivity (Wildman–Crippen MR) is 92.6 cm³/mol. The Kier molecular flexibility index (Phi) is 5.17. The van der Waals surface area contributed by atoms with Crippen LogP contribution in [-0.4, -0.2) is 4.98 Å². The van der Waals surface area contributed by atoms with Crippen molar-refractivity contribution in [3.8, 4) is 11.3 Å². The first-order valence-corrected chi connectivity index (χ1v) is 7.10. The molecule has 0 unspecified atom stereocenters. The number of benzene rings is 2. The molecule has 0 spiro atoms. The van der Waals surface area contributed by atoms with Crippen LogP contribution >= 0.6 is 39.9 Å². The molecule has 1 N–H and O–H groups in total. The van der Waals surface area contributed by atoms with Gasteiger partial charge < -0.3 is 5.32 Å². The van der Waals surface area contributed by atoms with Crippen molar-refractivity contribution in [1.29, 1.82) is 0 Å². The summed E-state index contributed by atoms with van der Waals surface area (Å²) in [6.45, 7) is 0. The van der Waals surface area contributed by atoms with Gasteiger partial charge in [-0.2, -0.15) is 0 Å². The molecule has 2 nitrogen and oxygen atoms in total. The lowest BCUT2D eigenvalue weighted by molar-refractivity contribution is 1.38. The van der Waals surface area contributed by atoms with Gasteiger partial charge in [0.15, 0.2) is 5.13 Å². The lowest BCUT2D eigenvalue weighted by Gasteiger charge is -2.01. The van der Waals surface area contributed by atoms with Crippen molar-refractivity contribution in [2.75, 3.05) is 5.32 Å². The highest BCUT2D eigenvalue weighted by atomic mass is 79.9. The van der Waals surface area contributed by atoms with Crippen LogP contribution in [0.4, 0.5) is 10.8 Å². The SMILES string of the molecule is Br.Clc1ccc(-c2csc(Nc3ccccc3)n2)cc1. The van der Waals surface area contributed by atoms with E-state index in [1.807, 2.05) is 60.0 Å². The summed E-state index contributed by atoms with van der Waals surface area (Å²) in [6.07, 6.45) is 0. The minimum Gasteiger partial charge on any atom is -0.332 e. The Bertz CT molecular complexity index is 668. The Morgan fingerprint density at radius 1 is 0.950 bits per heavy atom. The van der Waals surface area contributed by atoms with E-state index in [1.54, 1.807) is 11.3 Å². The Labute approximate surface area is 137 Å². The second-order valence-corrected chi connectivity index (χ2v) is 5.33. The van der Waals surface area contributed by atoms with Gasteiger partial charge in [0.05, 0.1) is 5.69 Å². The lowest BCUT2D eigenvalue weighted by atomic mass is 10.2. The molecule has 0 saturated carbocycles. The quantitative estimate of drug-likeness (QED) is 0.634. The van der Waals surface area contributed by atoms with Crippen LogP contribution in [-0.2, 0) is 0 Å². The Morgan fingerprint density at radius 2 is 1.65 bits per heavy atom. The maximum Gasteiger partial charge on any atom is 0.187 e. The van der Waals surface area contributed by atoms with E-state index in [0.29, 0.717) is 0 Å². The van der Waals surface area contributed by atoms with Crippen molar-refractivity contribution in [3.63, 3.8) is 0 Å². The van der Waals surface area contributed by atoms with Crippen LogP contribution in [0.1, 0.15) is 0 Å². The van der Waals surface area contributed by atoms with Crippen LogP contribution in [0.25, 0.3) is 11.3 Å². The first-order valence-electron chi connectivity index (χ1n) is 5.85. The van der Waals surface area contributed by atoms with Crippen LogP contribution in [0.2, 0.25) is 5.02 Å². The van der Waals surface area contributed by atoms with Gasteiger partial charge in [0.2, 0.25) is 0 Å². The van der Waals surface area contributed by atoms with Crippen molar-refractivity contribution < 1.29 is 0 Å². The molecular weight excluding hydrogens is 356 g/mol. The topological polar surface area (TPSA) is 24.9 Å². The van der Waals surface area contributed by atoms with Gasteiger partial charge in [-0.05, 0) is 24.3 Å². The summed E-state index contributed by atoms with van der Waals surface area (Å²) in [5.74, 6) is 0. The molecule has 1 aromatic heterocycles. The van der Waals surface area contributed by atoms with Gasteiger partial charge in [-0.3, -0.25) is 0 Å². The largest absolute Gasteiger partial charge is 0.332 e. The fourth-order valence-corrected chi connectivity index (χ4v) is 2.60. The summed E-state index contributed by atoms with van der Waals surface area (Å²) in [7, 11) is 0. The zero-order chi connectivity index (χ0) is 13.1. The zero-order valence-corrected chi connectivity index (χ0v) is 13.7. The van der Waals surface area contributed by atoms with Crippen LogP contribution in [0.15, 0.2) is 60.0 Å². The van der Waals surface area contributed by atoms with E-state index < -0.39 is 0 Å². The Balaban J connectivity index is 0.00000147. The number of thiazole rings is 1. The molecule has 0 atom stereocenters. The second-order valence-electron chi connectivity index (χ2n) is 4.04. The van der Waals surface area contributed by atoms with Gasteiger partial charge in [0, 0.05) is 21.7 Å². The molecule has 0 amide bonds. The highest BCUT2D eigenvalue weighted by Gasteiger charge is 2.04. The minimum absolute atomic E-state index is 0. The molecule has 1 heterocycles. The number of rotatable bonds is 3. The highest BCUT2D eigenvalue weighted by Crippen LogP contribution is 2.27. The van der Waals surface area contributed by atoms with Crippen LogP contribution < -0.4 is 5.32 Å². The zero-order valence-electron chi connectivity index (χ0n) is 10.4. The fraction of sp³-hybridized carbons (Fsp3) is 0. The number of nitrogens with one attached hydrogen (secondary N) is 1. The number of nitrogens with zero attached hydrogens (tertiary/aromatic N) is 1. The van der Waals surface area contributed by atoms with Gasteiger partial charge in [0.25, 0.3) is 0 Å². The van der Waals surface area contributed by atoms with Crippen molar-refractivity contribution in [2.45, 2.75) is 0 Å². The van der Waals surface area contributed by atoms with Crippen molar-refractivity contribution in [2.24, 2.45) is 0 Å². The molecule has 0 radical (unpaired) electrons. The molecule has 20 heavy (non-hydrogen) atoms. The summed E-state index contributed by atoms with van der Waals surface area (Å²) >= 11 is 7.47. The van der Waals surface area contributed by atoms with Crippen LogP contribution in [0.5, 0.6) is 0 Å². The molecule has 3 aromatic rings. The predicted octanol–water partition coefficient (Wildman–Crippen LogP) is 5.79. The smallest absolute Gasteiger partial charge is 0.187 e. The third kappa shape index (κ3) is 3.60. The van der Waals surface area contributed by atoms with E-state index in [-0.39, 0.29) is 17.0 Å². The number of para-hydroxylation sites is 1.